The third-order valence-electron chi connectivity index (χ3n) is 6.39. The van der Waals surface area contributed by atoms with Gasteiger partial charge >= 0.3 is 0 Å². The number of nitrogens with zero attached hydrogens (tertiary/aromatic N) is 1. The normalized spacial score (nSPS) is 19.2. The molecule has 0 unspecified atom stereocenters. The molecule has 0 aromatic heterocycles. The van der Waals surface area contributed by atoms with Gasteiger partial charge < -0.3 is 5.32 Å². The topological polar surface area (TPSA) is 49.4 Å². The van der Waals surface area contributed by atoms with E-state index in [1.807, 2.05) is 72.8 Å². The molecule has 0 aliphatic heterocycles. The highest BCUT2D eigenvalue weighted by atomic mass is 16.2. The molecule has 0 spiro atoms. The Morgan fingerprint density at radius 3 is 1.94 bits per heavy atom. The van der Waals surface area contributed by atoms with Crippen LogP contribution in [0.5, 0.6) is 0 Å². The number of anilines is 3. The quantitative estimate of drug-likeness (QED) is 0.437. The number of amides is 2. The van der Waals surface area contributed by atoms with Crippen molar-refractivity contribution >= 4 is 28.9 Å². The first kappa shape index (κ1) is 21.8. The molecule has 1 N–H and O–H groups in total. The molecule has 3 aromatic carbocycles. The van der Waals surface area contributed by atoms with Crippen LogP contribution in [0.2, 0.25) is 0 Å². The van der Waals surface area contributed by atoms with Crippen LogP contribution in [-0.4, -0.2) is 11.8 Å². The molecule has 32 heavy (non-hydrogen) atoms. The minimum Gasteiger partial charge on any atom is -0.326 e. The van der Waals surface area contributed by atoms with Crippen molar-refractivity contribution in [1.82, 2.24) is 0 Å². The second kappa shape index (κ2) is 9.82. The number of hydrogen-bond acceptors (Lipinski definition) is 2. The molecule has 1 fully saturated rings. The van der Waals surface area contributed by atoms with Crippen molar-refractivity contribution in [2.75, 3.05) is 10.2 Å². The summed E-state index contributed by atoms with van der Waals surface area (Å²) in [6.45, 7) is 4.34. The molecule has 1 saturated carbocycles. The lowest BCUT2D eigenvalue weighted by Gasteiger charge is -2.23. The largest absolute Gasteiger partial charge is 0.326 e. The number of benzene rings is 3. The van der Waals surface area contributed by atoms with Crippen molar-refractivity contribution < 1.29 is 9.59 Å². The number of hydrogen-bond donors (Lipinski definition) is 1. The summed E-state index contributed by atoms with van der Waals surface area (Å²) in [7, 11) is 0. The highest BCUT2D eigenvalue weighted by Gasteiger charge is 2.50. The Labute approximate surface area is 190 Å². The standard InChI is InChI=1S/C28H30N2O2/c1-3-4-15-25-20(2)26(25)27(31)29-22-18-16-21(17-19-22)28(32)30(23-11-7-5-8-12-23)24-13-9-6-10-14-24/h5-14,16-20,25-26H,3-4,15H2,1-2H3,(H,29,31)/t20-,25-,26+/m1/s1. The van der Waals surface area contributed by atoms with E-state index in [9.17, 15) is 9.59 Å². The number of carbonyl (C=O) groups excluding carboxylic acids is 2. The van der Waals surface area contributed by atoms with Gasteiger partial charge in [-0.15, -0.1) is 0 Å². The SMILES string of the molecule is CCCC[C@@H]1[C@@H](C)[C@@H]1C(=O)Nc1ccc(C(=O)N(c2ccccc2)c2ccccc2)cc1. The lowest BCUT2D eigenvalue weighted by atomic mass is 10.1. The van der Waals surface area contributed by atoms with Gasteiger partial charge in [0.05, 0.1) is 0 Å². The fraction of sp³-hybridized carbons (Fsp3) is 0.286. The third kappa shape index (κ3) is 4.75. The van der Waals surface area contributed by atoms with Crippen LogP contribution in [0.4, 0.5) is 17.1 Å². The van der Waals surface area contributed by atoms with E-state index < -0.39 is 0 Å². The molecule has 4 heteroatoms. The third-order valence-corrected chi connectivity index (χ3v) is 6.39. The van der Waals surface area contributed by atoms with Crippen molar-refractivity contribution in [3.63, 3.8) is 0 Å². The zero-order valence-corrected chi connectivity index (χ0v) is 18.7. The maximum absolute atomic E-state index is 13.4. The van der Waals surface area contributed by atoms with E-state index in [1.165, 1.54) is 6.42 Å². The van der Waals surface area contributed by atoms with Gasteiger partial charge in [0.2, 0.25) is 5.91 Å². The Kier molecular flexibility index (Phi) is 6.69. The fourth-order valence-electron chi connectivity index (χ4n) is 4.45. The molecule has 1 aliphatic carbocycles. The number of carbonyl (C=O) groups is 2. The van der Waals surface area contributed by atoms with E-state index in [0.717, 1.165) is 29.9 Å². The van der Waals surface area contributed by atoms with Crippen molar-refractivity contribution in [3.8, 4) is 0 Å². The summed E-state index contributed by atoms with van der Waals surface area (Å²) in [5.41, 5.74) is 2.91. The Hall–Kier alpha value is -3.40. The minimum atomic E-state index is -0.115. The van der Waals surface area contributed by atoms with Gasteiger partial charge in [-0.1, -0.05) is 63.1 Å². The highest BCUT2D eigenvalue weighted by molar-refractivity contribution is 6.11. The first-order valence-corrected chi connectivity index (χ1v) is 11.5. The molecule has 4 nitrogen and oxygen atoms in total. The Morgan fingerprint density at radius 2 is 1.41 bits per heavy atom. The average Bonchev–Trinajstić information content (AvgIpc) is 3.49. The van der Waals surface area contributed by atoms with Crippen LogP contribution < -0.4 is 10.2 Å². The molecule has 3 atom stereocenters. The summed E-state index contributed by atoms with van der Waals surface area (Å²) in [6.07, 6.45) is 3.46. The fourth-order valence-corrected chi connectivity index (χ4v) is 4.45. The molecule has 2 amide bonds. The molecular weight excluding hydrogens is 396 g/mol. The summed E-state index contributed by atoms with van der Waals surface area (Å²) in [5, 5.41) is 3.04. The van der Waals surface area contributed by atoms with Crippen LogP contribution in [0.25, 0.3) is 0 Å². The lowest BCUT2D eigenvalue weighted by molar-refractivity contribution is -0.117. The number of nitrogens with one attached hydrogen (secondary N) is 1. The molecule has 164 valence electrons. The molecule has 1 aliphatic rings. The summed E-state index contributed by atoms with van der Waals surface area (Å²) < 4.78 is 0. The molecule has 0 saturated heterocycles. The highest BCUT2D eigenvalue weighted by Crippen LogP contribution is 2.49. The van der Waals surface area contributed by atoms with E-state index >= 15 is 0 Å². The second-order valence-electron chi connectivity index (χ2n) is 8.57. The van der Waals surface area contributed by atoms with Crippen LogP contribution in [0.3, 0.4) is 0 Å². The van der Waals surface area contributed by atoms with Crippen molar-refractivity contribution in [3.05, 3.63) is 90.5 Å². The van der Waals surface area contributed by atoms with Crippen molar-refractivity contribution in [2.45, 2.75) is 33.1 Å². The van der Waals surface area contributed by atoms with Gasteiger partial charge in [0.1, 0.15) is 0 Å². The second-order valence-corrected chi connectivity index (χ2v) is 8.57. The van der Waals surface area contributed by atoms with Crippen LogP contribution in [0.15, 0.2) is 84.9 Å². The maximum atomic E-state index is 13.4. The minimum absolute atomic E-state index is 0.0906. The zero-order chi connectivity index (χ0) is 22.5. The molecular formula is C28H30N2O2. The van der Waals surface area contributed by atoms with Gasteiger partial charge in [0.15, 0.2) is 0 Å². The van der Waals surface area contributed by atoms with Crippen LogP contribution in [0.1, 0.15) is 43.5 Å². The zero-order valence-electron chi connectivity index (χ0n) is 18.7. The van der Waals surface area contributed by atoms with Gasteiger partial charge in [0, 0.05) is 28.5 Å². The van der Waals surface area contributed by atoms with Gasteiger partial charge in [-0.3, -0.25) is 14.5 Å². The van der Waals surface area contributed by atoms with E-state index in [0.29, 0.717) is 17.4 Å². The lowest BCUT2D eigenvalue weighted by Crippen LogP contribution is -2.25. The summed E-state index contributed by atoms with van der Waals surface area (Å²) in [5.74, 6) is 1.03. The number of rotatable bonds is 8. The van der Waals surface area contributed by atoms with Crippen molar-refractivity contribution in [1.29, 1.82) is 0 Å². The van der Waals surface area contributed by atoms with Gasteiger partial charge in [-0.05, 0) is 66.8 Å². The first-order chi connectivity index (χ1) is 15.6. The van der Waals surface area contributed by atoms with E-state index in [2.05, 4.69) is 19.2 Å². The van der Waals surface area contributed by atoms with E-state index in [1.54, 1.807) is 17.0 Å². The predicted octanol–water partition coefficient (Wildman–Crippen LogP) is 6.68. The van der Waals surface area contributed by atoms with Gasteiger partial charge in [-0.25, -0.2) is 0 Å². The van der Waals surface area contributed by atoms with E-state index in [4.69, 9.17) is 0 Å². The van der Waals surface area contributed by atoms with Gasteiger partial charge in [0.25, 0.3) is 5.91 Å². The smallest absolute Gasteiger partial charge is 0.262 e. The van der Waals surface area contributed by atoms with Crippen LogP contribution >= 0.6 is 0 Å². The molecule has 3 aromatic rings. The number of unbranched alkanes of at least 4 members (excludes halogenated alkanes) is 1. The van der Waals surface area contributed by atoms with E-state index in [-0.39, 0.29) is 17.7 Å². The van der Waals surface area contributed by atoms with Crippen molar-refractivity contribution in [2.24, 2.45) is 17.8 Å². The first-order valence-electron chi connectivity index (χ1n) is 11.5. The Morgan fingerprint density at radius 1 is 0.844 bits per heavy atom. The number of para-hydroxylation sites is 2. The predicted molar refractivity (Wildman–Crippen MR) is 130 cm³/mol. The molecule has 0 heterocycles. The molecule has 0 radical (unpaired) electrons. The molecule has 4 rings (SSSR count). The maximum Gasteiger partial charge on any atom is 0.262 e. The average molecular weight is 427 g/mol. The summed E-state index contributed by atoms with van der Waals surface area (Å²) >= 11 is 0. The summed E-state index contributed by atoms with van der Waals surface area (Å²) in [4.78, 5) is 27.8. The Bertz CT molecular complexity index is 1010. The van der Waals surface area contributed by atoms with Gasteiger partial charge in [-0.2, -0.15) is 0 Å². The monoisotopic (exact) mass is 426 g/mol. The Balaban J connectivity index is 1.48. The summed E-state index contributed by atoms with van der Waals surface area (Å²) in [6, 6.07) is 26.4. The van der Waals surface area contributed by atoms with Crippen LogP contribution in [0, 0.1) is 17.8 Å². The molecule has 0 bridgehead atoms. The van der Waals surface area contributed by atoms with Crippen LogP contribution in [-0.2, 0) is 4.79 Å².